The smallest absolute Gasteiger partial charge is 0.409 e. The first-order chi connectivity index (χ1) is 13.1. The van der Waals surface area contributed by atoms with Gasteiger partial charge in [0.15, 0.2) is 5.96 Å². The molecule has 150 valence electrons. The minimum Gasteiger partial charge on any atom is -0.492 e. The van der Waals surface area contributed by atoms with E-state index in [2.05, 4.69) is 15.6 Å². The van der Waals surface area contributed by atoms with Gasteiger partial charge in [-0.25, -0.2) is 14.2 Å². The fraction of sp³-hybridized carbons (Fsp3) is 0.579. The Morgan fingerprint density at radius 3 is 2.78 bits per heavy atom. The van der Waals surface area contributed by atoms with Crippen LogP contribution in [0.15, 0.2) is 29.3 Å². The van der Waals surface area contributed by atoms with E-state index in [0.29, 0.717) is 38.6 Å². The van der Waals surface area contributed by atoms with E-state index in [1.807, 2.05) is 13.8 Å². The first kappa shape index (κ1) is 20.8. The third-order valence-corrected chi connectivity index (χ3v) is 4.13. The molecule has 2 N–H and O–H groups in total. The van der Waals surface area contributed by atoms with Gasteiger partial charge in [-0.05, 0) is 38.8 Å². The van der Waals surface area contributed by atoms with Gasteiger partial charge < -0.3 is 25.0 Å². The van der Waals surface area contributed by atoms with Gasteiger partial charge in [-0.2, -0.15) is 0 Å². The highest BCUT2D eigenvalue weighted by Crippen LogP contribution is 2.12. The fourth-order valence-electron chi connectivity index (χ4n) is 2.81. The van der Waals surface area contributed by atoms with Crippen LogP contribution >= 0.6 is 0 Å². The number of benzene rings is 1. The molecule has 7 nitrogen and oxygen atoms in total. The van der Waals surface area contributed by atoms with Gasteiger partial charge in [-0.3, -0.25) is 0 Å². The number of halogens is 1. The Kier molecular flexibility index (Phi) is 8.67. The maximum Gasteiger partial charge on any atom is 0.409 e. The summed E-state index contributed by atoms with van der Waals surface area (Å²) in [5.74, 6) is 0.893. The van der Waals surface area contributed by atoms with Gasteiger partial charge in [0.25, 0.3) is 0 Å². The number of ether oxygens (including phenoxy) is 2. The first-order valence-electron chi connectivity index (χ1n) is 9.47. The van der Waals surface area contributed by atoms with Crippen LogP contribution in [0.2, 0.25) is 0 Å². The summed E-state index contributed by atoms with van der Waals surface area (Å²) in [7, 11) is 0. The number of guanidine groups is 1. The van der Waals surface area contributed by atoms with Crippen molar-refractivity contribution in [3.8, 4) is 5.75 Å². The fourth-order valence-corrected chi connectivity index (χ4v) is 2.81. The van der Waals surface area contributed by atoms with Gasteiger partial charge in [0, 0.05) is 31.7 Å². The number of hydrogen-bond donors (Lipinski definition) is 2. The van der Waals surface area contributed by atoms with Crippen molar-refractivity contribution < 1.29 is 18.7 Å². The average molecular weight is 380 g/mol. The number of nitrogens with zero attached hydrogens (tertiary/aromatic N) is 2. The van der Waals surface area contributed by atoms with Crippen LogP contribution in [0.1, 0.15) is 26.7 Å². The molecule has 0 radical (unpaired) electrons. The highest BCUT2D eigenvalue weighted by atomic mass is 19.1. The summed E-state index contributed by atoms with van der Waals surface area (Å²) < 4.78 is 23.7. The lowest BCUT2D eigenvalue weighted by Gasteiger charge is -2.32. The van der Waals surface area contributed by atoms with Crippen LogP contribution in [-0.4, -0.2) is 62.4 Å². The van der Waals surface area contributed by atoms with Crippen molar-refractivity contribution in [2.24, 2.45) is 4.99 Å². The lowest BCUT2D eigenvalue weighted by Crippen LogP contribution is -2.50. The molecule has 1 aromatic carbocycles. The van der Waals surface area contributed by atoms with Gasteiger partial charge in [0.2, 0.25) is 0 Å². The van der Waals surface area contributed by atoms with Crippen molar-refractivity contribution in [1.82, 2.24) is 15.5 Å². The number of amides is 1. The van der Waals surface area contributed by atoms with E-state index in [0.717, 1.165) is 25.3 Å². The van der Waals surface area contributed by atoms with Crippen molar-refractivity contribution in [2.75, 3.05) is 39.4 Å². The molecule has 2 rings (SSSR count). The molecule has 0 unspecified atom stereocenters. The van der Waals surface area contributed by atoms with Crippen LogP contribution in [0.5, 0.6) is 5.75 Å². The Balaban J connectivity index is 1.76. The zero-order chi connectivity index (χ0) is 19.5. The number of rotatable bonds is 7. The number of piperidine rings is 1. The highest BCUT2D eigenvalue weighted by Gasteiger charge is 2.23. The summed E-state index contributed by atoms with van der Waals surface area (Å²) in [6, 6.07) is 6.31. The predicted octanol–water partition coefficient (Wildman–Crippen LogP) is 2.38. The maximum atomic E-state index is 13.1. The van der Waals surface area contributed by atoms with E-state index in [9.17, 15) is 9.18 Å². The number of nitrogens with one attached hydrogen (secondary N) is 2. The molecule has 1 fully saturated rings. The lowest BCUT2D eigenvalue weighted by molar-refractivity contribution is 0.0963. The number of carbonyl (C=O) groups is 1. The second kappa shape index (κ2) is 11.3. The SMILES string of the molecule is CCNC(=NCCOc1cccc(F)c1)NC1CCN(C(=O)OCC)CC1. The Labute approximate surface area is 159 Å². The van der Waals surface area contributed by atoms with Crippen LogP contribution in [-0.2, 0) is 4.74 Å². The molecule has 1 aromatic rings. The molecule has 0 bridgehead atoms. The molecule has 0 atom stereocenters. The summed E-state index contributed by atoms with van der Waals surface area (Å²) in [6.45, 7) is 7.10. The van der Waals surface area contributed by atoms with E-state index >= 15 is 0 Å². The van der Waals surface area contributed by atoms with Gasteiger partial charge in [-0.1, -0.05) is 6.07 Å². The van der Waals surface area contributed by atoms with Crippen LogP contribution in [0.4, 0.5) is 9.18 Å². The molecule has 0 spiro atoms. The van der Waals surface area contributed by atoms with Crippen molar-refractivity contribution in [3.63, 3.8) is 0 Å². The topological polar surface area (TPSA) is 75.2 Å². The molecular weight excluding hydrogens is 351 g/mol. The molecule has 0 aliphatic carbocycles. The normalized spacial score (nSPS) is 15.4. The Bertz CT molecular complexity index is 619. The second-order valence-corrected chi connectivity index (χ2v) is 6.17. The summed E-state index contributed by atoms with van der Waals surface area (Å²) in [4.78, 5) is 18.0. The summed E-state index contributed by atoms with van der Waals surface area (Å²) in [5.41, 5.74) is 0. The second-order valence-electron chi connectivity index (χ2n) is 6.17. The molecule has 27 heavy (non-hydrogen) atoms. The summed E-state index contributed by atoms with van der Waals surface area (Å²) in [6.07, 6.45) is 1.43. The minimum atomic E-state index is -0.319. The van der Waals surface area contributed by atoms with Crippen LogP contribution in [0, 0.1) is 5.82 Å². The standard InChI is InChI=1S/C19H29FN4O3/c1-3-21-18(22-10-13-27-17-7-5-6-15(20)14-17)23-16-8-11-24(12-9-16)19(25)26-4-2/h5-7,14,16H,3-4,8-13H2,1-2H3,(H2,21,22,23). The van der Waals surface area contributed by atoms with Gasteiger partial charge >= 0.3 is 6.09 Å². The van der Waals surface area contributed by atoms with Crippen LogP contribution in [0.3, 0.4) is 0 Å². The van der Waals surface area contributed by atoms with Crippen molar-refractivity contribution in [3.05, 3.63) is 30.1 Å². The molecule has 0 saturated carbocycles. The molecule has 8 heteroatoms. The van der Waals surface area contributed by atoms with Crippen molar-refractivity contribution >= 4 is 12.1 Å². The van der Waals surface area contributed by atoms with E-state index in [1.165, 1.54) is 12.1 Å². The third kappa shape index (κ3) is 7.32. The third-order valence-electron chi connectivity index (χ3n) is 4.13. The van der Waals surface area contributed by atoms with Gasteiger partial charge in [0.05, 0.1) is 13.2 Å². The molecule has 1 amide bonds. The Morgan fingerprint density at radius 2 is 2.11 bits per heavy atom. The van der Waals surface area contributed by atoms with Gasteiger partial charge in [0.1, 0.15) is 18.2 Å². The van der Waals surface area contributed by atoms with Gasteiger partial charge in [-0.15, -0.1) is 0 Å². The summed E-state index contributed by atoms with van der Waals surface area (Å²) in [5, 5.41) is 6.61. The average Bonchev–Trinajstić information content (AvgIpc) is 2.66. The molecule has 1 heterocycles. The number of hydrogen-bond acceptors (Lipinski definition) is 4. The molecule has 1 aliphatic heterocycles. The van der Waals surface area contributed by atoms with E-state index in [4.69, 9.17) is 9.47 Å². The minimum absolute atomic E-state index is 0.244. The largest absolute Gasteiger partial charge is 0.492 e. The zero-order valence-electron chi connectivity index (χ0n) is 16.0. The molecule has 1 saturated heterocycles. The molecule has 1 aliphatic rings. The van der Waals surface area contributed by atoms with E-state index < -0.39 is 0 Å². The summed E-state index contributed by atoms with van der Waals surface area (Å²) >= 11 is 0. The lowest BCUT2D eigenvalue weighted by atomic mass is 10.1. The van der Waals surface area contributed by atoms with Crippen LogP contribution in [0.25, 0.3) is 0 Å². The zero-order valence-corrected chi connectivity index (χ0v) is 16.0. The van der Waals surface area contributed by atoms with Crippen molar-refractivity contribution in [2.45, 2.75) is 32.7 Å². The maximum absolute atomic E-state index is 13.1. The number of carbonyl (C=O) groups excluding carboxylic acids is 1. The number of aliphatic imine (C=N–C) groups is 1. The first-order valence-corrected chi connectivity index (χ1v) is 9.47. The quantitative estimate of drug-likeness (QED) is 0.432. The monoisotopic (exact) mass is 380 g/mol. The van der Waals surface area contributed by atoms with Crippen LogP contribution < -0.4 is 15.4 Å². The number of likely N-dealkylation sites (tertiary alicyclic amines) is 1. The van der Waals surface area contributed by atoms with Crippen molar-refractivity contribution in [1.29, 1.82) is 0 Å². The molecular formula is C19H29FN4O3. The van der Waals surface area contributed by atoms with E-state index in [-0.39, 0.29) is 18.0 Å². The Hall–Kier alpha value is -2.51. The highest BCUT2D eigenvalue weighted by molar-refractivity contribution is 5.80. The molecule has 0 aromatic heterocycles. The van der Waals surface area contributed by atoms with E-state index in [1.54, 1.807) is 17.0 Å². The Morgan fingerprint density at radius 1 is 1.33 bits per heavy atom. The predicted molar refractivity (Wildman–Crippen MR) is 103 cm³/mol.